The molecule has 0 aromatic heterocycles. The Labute approximate surface area is 49.4 Å². The van der Waals surface area contributed by atoms with E-state index >= 15 is 0 Å². The molecule has 1 aliphatic heterocycles. The fraction of sp³-hybridized carbons (Fsp3) is 0.667. The van der Waals surface area contributed by atoms with Crippen LogP contribution in [0.25, 0.3) is 0 Å². The summed E-state index contributed by atoms with van der Waals surface area (Å²) in [4.78, 5) is 1.90. The van der Waals surface area contributed by atoms with E-state index in [2.05, 4.69) is 6.08 Å². The molecule has 8 heavy (non-hydrogen) atoms. The zero-order valence-electron chi connectivity index (χ0n) is 5.04. The summed E-state index contributed by atoms with van der Waals surface area (Å²) < 4.78 is 0. The van der Waals surface area contributed by atoms with Gasteiger partial charge in [0.2, 0.25) is 0 Å². The lowest BCUT2D eigenvalue weighted by atomic mass is 10.5. The zero-order valence-corrected chi connectivity index (χ0v) is 5.04. The van der Waals surface area contributed by atoms with Crippen LogP contribution in [-0.2, 0) is 0 Å². The van der Waals surface area contributed by atoms with E-state index in [0.29, 0.717) is 0 Å². The maximum Gasteiger partial charge on any atom is 0.123 e. The van der Waals surface area contributed by atoms with Gasteiger partial charge in [-0.2, -0.15) is 0 Å². The first-order chi connectivity index (χ1) is 3.80. The Morgan fingerprint density at radius 2 is 2.50 bits per heavy atom. The van der Waals surface area contributed by atoms with Gasteiger partial charge in [0.15, 0.2) is 0 Å². The molecule has 46 valence electrons. The van der Waals surface area contributed by atoms with Crippen molar-refractivity contribution in [2.45, 2.75) is 19.6 Å². The summed E-state index contributed by atoms with van der Waals surface area (Å²) in [6.07, 6.45) is 4.76. The van der Waals surface area contributed by atoms with Crippen LogP contribution in [0.1, 0.15) is 13.3 Å². The second-order valence-corrected chi connectivity index (χ2v) is 2.04. The van der Waals surface area contributed by atoms with Crippen molar-refractivity contribution in [3.63, 3.8) is 0 Å². The van der Waals surface area contributed by atoms with Crippen LogP contribution in [0.15, 0.2) is 12.3 Å². The molecule has 1 atom stereocenters. The van der Waals surface area contributed by atoms with Gasteiger partial charge in [0.1, 0.15) is 6.23 Å². The first-order valence-corrected chi connectivity index (χ1v) is 2.91. The number of rotatable bonds is 1. The highest BCUT2D eigenvalue weighted by Gasteiger charge is 2.07. The fourth-order valence-electron chi connectivity index (χ4n) is 0.819. The number of aliphatic hydroxyl groups excluding tert-OH is 1. The second kappa shape index (κ2) is 2.18. The van der Waals surface area contributed by atoms with E-state index in [1.807, 2.05) is 11.1 Å². The van der Waals surface area contributed by atoms with Crippen LogP contribution >= 0.6 is 0 Å². The van der Waals surface area contributed by atoms with Gasteiger partial charge in [0.05, 0.1) is 0 Å². The van der Waals surface area contributed by atoms with E-state index in [4.69, 9.17) is 5.11 Å². The van der Waals surface area contributed by atoms with Crippen molar-refractivity contribution in [3.05, 3.63) is 12.3 Å². The third-order valence-corrected chi connectivity index (χ3v) is 1.33. The van der Waals surface area contributed by atoms with E-state index in [-0.39, 0.29) is 6.23 Å². The molecule has 0 saturated carbocycles. The standard InChI is InChI=1S/C6H11NO/c1-6(8)7-4-2-3-5-7/h2,4,6,8H,3,5H2,1H3/t6-/m0/s1. The van der Waals surface area contributed by atoms with E-state index in [1.54, 1.807) is 6.92 Å². The van der Waals surface area contributed by atoms with Gasteiger partial charge in [-0.15, -0.1) is 0 Å². The molecule has 1 N–H and O–H groups in total. The maximum atomic E-state index is 8.93. The molecule has 0 bridgehead atoms. The van der Waals surface area contributed by atoms with Gasteiger partial charge < -0.3 is 10.0 Å². The summed E-state index contributed by atoms with van der Waals surface area (Å²) in [5.41, 5.74) is 0. The third kappa shape index (κ3) is 1.01. The van der Waals surface area contributed by atoms with Gasteiger partial charge in [0, 0.05) is 6.54 Å². The number of hydrogen-bond donors (Lipinski definition) is 1. The highest BCUT2D eigenvalue weighted by Crippen LogP contribution is 2.05. The quantitative estimate of drug-likeness (QED) is 0.536. The minimum Gasteiger partial charge on any atom is -0.374 e. The summed E-state index contributed by atoms with van der Waals surface area (Å²) >= 11 is 0. The van der Waals surface area contributed by atoms with Crippen LogP contribution in [0, 0.1) is 0 Å². The van der Waals surface area contributed by atoms with Crippen LogP contribution in [-0.4, -0.2) is 22.8 Å². The van der Waals surface area contributed by atoms with Gasteiger partial charge >= 0.3 is 0 Å². The molecule has 0 unspecified atom stereocenters. The Morgan fingerprint density at radius 3 is 2.75 bits per heavy atom. The van der Waals surface area contributed by atoms with Crippen LogP contribution < -0.4 is 0 Å². The van der Waals surface area contributed by atoms with Crippen molar-refractivity contribution in [1.82, 2.24) is 4.90 Å². The maximum absolute atomic E-state index is 8.93. The number of aliphatic hydroxyl groups is 1. The van der Waals surface area contributed by atoms with Crippen LogP contribution in [0.2, 0.25) is 0 Å². The molecule has 2 heteroatoms. The average Bonchev–Trinajstić information content (AvgIpc) is 2.12. The zero-order chi connectivity index (χ0) is 5.98. The number of hydrogen-bond acceptors (Lipinski definition) is 2. The monoisotopic (exact) mass is 113 g/mol. The first kappa shape index (κ1) is 5.63. The highest BCUT2D eigenvalue weighted by molar-refractivity contribution is 4.90. The summed E-state index contributed by atoms with van der Waals surface area (Å²) in [6, 6.07) is 0. The Morgan fingerprint density at radius 1 is 1.75 bits per heavy atom. The van der Waals surface area contributed by atoms with Crippen molar-refractivity contribution in [3.8, 4) is 0 Å². The van der Waals surface area contributed by atoms with Crippen molar-refractivity contribution >= 4 is 0 Å². The predicted molar refractivity (Wildman–Crippen MR) is 32.1 cm³/mol. The van der Waals surface area contributed by atoms with Crippen LogP contribution in [0.3, 0.4) is 0 Å². The highest BCUT2D eigenvalue weighted by atomic mass is 16.3. The summed E-state index contributed by atoms with van der Waals surface area (Å²) in [6.45, 7) is 2.74. The summed E-state index contributed by atoms with van der Waals surface area (Å²) in [5.74, 6) is 0. The Hall–Kier alpha value is -0.500. The average molecular weight is 113 g/mol. The number of nitrogens with zero attached hydrogens (tertiary/aromatic N) is 1. The SMILES string of the molecule is C[C@H](O)N1C=CCC1. The molecule has 0 aliphatic carbocycles. The smallest absolute Gasteiger partial charge is 0.123 e. The Balaban J connectivity index is 2.36. The molecular formula is C6H11NO. The predicted octanol–water partition coefficient (Wildman–Crippen LogP) is 0.544. The minimum absolute atomic E-state index is 0.311. The molecule has 2 nitrogen and oxygen atoms in total. The second-order valence-electron chi connectivity index (χ2n) is 2.04. The molecule has 0 radical (unpaired) electrons. The normalized spacial score (nSPS) is 22.0. The van der Waals surface area contributed by atoms with Gasteiger partial charge in [-0.1, -0.05) is 6.08 Å². The van der Waals surface area contributed by atoms with E-state index in [0.717, 1.165) is 13.0 Å². The van der Waals surface area contributed by atoms with E-state index < -0.39 is 0 Å². The largest absolute Gasteiger partial charge is 0.374 e. The van der Waals surface area contributed by atoms with Crippen LogP contribution in [0.5, 0.6) is 0 Å². The molecule has 1 heterocycles. The molecule has 0 spiro atoms. The fourth-order valence-corrected chi connectivity index (χ4v) is 0.819. The lowest BCUT2D eigenvalue weighted by Gasteiger charge is -2.17. The Bertz CT molecular complexity index is 98.7. The lowest BCUT2D eigenvalue weighted by molar-refractivity contribution is 0.0613. The van der Waals surface area contributed by atoms with Crippen molar-refractivity contribution in [1.29, 1.82) is 0 Å². The molecule has 1 rings (SSSR count). The Kier molecular flexibility index (Phi) is 1.53. The minimum atomic E-state index is -0.311. The van der Waals surface area contributed by atoms with Crippen LogP contribution in [0.4, 0.5) is 0 Å². The third-order valence-electron chi connectivity index (χ3n) is 1.33. The molecule has 0 fully saturated rings. The van der Waals surface area contributed by atoms with Gasteiger partial charge in [-0.05, 0) is 19.5 Å². The molecule has 0 amide bonds. The van der Waals surface area contributed by atoms with Gasteiger partial charge in [-0.25, -0.2) is 0 Å². The topological polar surface area (TPSA) is 23.5 Å². The molecule has 0 aromatic rings. The molecular weight excluding hydrogens is 102 g/mol. The molecule has 0 saturated heterocycles. The first-order valence-electron chi connectivity index (χ1n) is 2.91. The lowest BCUT2D eigenvalue weighted by Crippen LogP contribution is -2.25. The summed E-state index contributed by atoms with van der Waals surface area (Å²) in [5, 5.41) is 8.93. The molecule has 0 aromatic carbocycles. The van der Waals surface area contributed by atoms with Crippen molar-refractivity contribution < 1.29 is 5.11 Å². The van der Waals surface area contributed by atoms with Gasteiger partial charge in [-0.3, -0.25) is 0 Å². The van der Waals surface area contributed by atoms with E-state index in [1.165, 1.54) is 0 Å². The van der Waals surface area contributed by atoms with E-state index in [9.17, 15) is 0 Å². The molecule has 1 aliphatic rings. The van der Waals surface area contributed by atoms with Crippen molar-refractivity contribution in [2.75, 3.05) is 6.54 Å². The van der Waals surface area contributed by atoms with Gasteiger partial charge in [0.25, 0.3) is 0 Å². The van der Waals surface area contributed by atoms with Crippen molar-refractivity contribution in [2.24, 2.45) is 0 Å². The summed E-state index contributed by atoms with van der Waals surface area (Å²) in [7, 11) is 0.